The van der Waals surface area contributed by atoms with Crippen LogP contribution in [0.1, 0.15) is 34.8 Å². The Hall–Kier alpha value is -3.26. The van der Waals surface area contributed by atoms with Crippen molar-refractivity contribution in [3.05, 3.63) is 53.0 Å². The van der Waals surface area contributed by atoms with Gasteiger partial charge in [0.15, 0.2) is 5.82 Å². The number of H-pyrrole nitrogens is 1. The fourth-order valence-electron chi connectivity index (χ4n) is 3.14. The number of hydrogen-bond donors (Lipinski definition) is 2. The van der Waals surface area contributed by atoms with Crippen molar-refractivity contribution in [1.29, 1.82) is 0 Å². The lowest BCUT2D eigenvalue weighted by atomic mass is 10.2. The Kier molecular flexibility index (Phi) is 4.05. The number of para-hydroxylation sites is 1. The number of nitrogens with one attached hydrogen (secondary N) is 2. The first kappa shape index (κ1) is 16.9. The van der Waals surface area contributed by atoms with Crippen molar-refractivity contribution in [1.82, 2.24) is 20.2 Å². The Balaban J connectivity index is 1.59. The molecule has 8 heteroatoms. The summed E-state index contributed by atoms with van der Waals surface area (Å²) in [5.41, 5.74) is 2.33. The predicted molar refractivity (Wildman–Crippen MR) is 108 cm³/mol. The fourth-order valence-corrected chi connectivity index (χ4v) is 3.96. The minimum atomic E-state index is -0.398. The van der Waals surface area contributed by atoms with Crippen molar-refractivity contribution in [2.75, 3.05) is 12.4 Å². The first-order valence-corrected chi connectivity index (χ1v) is 9.86. The maximum Gasteiger partial charge on any atom is 0.339 e. The molecule has 0 saturated heterocycles. The van der Waals surface area contributed by atoms with Crippen LogP contribution in [0, 0.1) is 0 Å². The monoisotopic (exact) mass is 391 g/mol. The van der Waals surface area contributed by atoms with Gasteiger partial charge in [0, 0.05) is 17.4 Å². The summed E-state index contributed by atoms with van der Waals surface area (Å²) in [7, 11) is 1.37. The highest BCUT2D eigenvalue weighted by atomic mass is 32.1. The minimum absolute atomic E-state index is 0.398. The third-order valence-corrected chi connectivity index (χ3v) is 5.63. The molecule has 1 aliphatic carbocycles. The Bertz CT molecular complexity index is 1180. The van der Waals surface area contributed by atoms with Gasteiger partial charge in [-0.2, -0.15) is 5.10 Å². The SMILES string of the molecule is COC(=O)c1ccsc1-c1nc(Nc2cc(C3CC3)n[nH]2)c2ccccc2n1. The van der Waals surface area contributed by atoms with Gasteiger partial charge in [0.25, 0.3) is 0 Å². The molecule has 5 rings (SSSR count). The van der Waals surface area contributed by atoms with E-state index >= 15 is 0 Å². The van der Waals surface area contributed by atoms with Crippen molar-refractivity contribution < 1.29 is 9.53 Å². The van der Waals surface area contributed by atoms with Crippen LogP contribution in [0.3, 0.4) is 0 Å². The molecule has 7 nitrogen and oxygen atoms in total. The molecule has 0 unspecified atom stereocenters. The summed E-state index contributed by atoms with van der Waals surface area (Å²) >= 11 is 1.41. The van der Waals surface area contributed by atoms with Gasteiger partial charge in [-0.25, -0.2) is 14.8 Å². The number of aromatic nitrogens is 4. The molecular formula is C20H17N5O2S. The second kappa shape index (κ2) is 6.72. The van der Waals surface area contributed by atoms with Crippen LogP contribution in [-0.4, -0.2) is 33.2 Å². The maximum absolute atomic E-state index is 12.1. The zero-order chi connectivity index (χ0) is 19.1. The van der Waals surface area contributed by atoms with E-state index in [1.807, 2.05) is 35.7 Å². The van der Waals surface area contributed by atoms with Crippen LogP contribution in [0.5, 0.6) is 0 Å². The number of carbonyl (C=O) groups is 1. The summed E-state index contributed by atoms with van der Waals surface area (Å²) in [6, 6.07) is 11.5. The molecule has 0 spiro atoms. The molecule has 3 aromatic heterocycles. The molecule has 0 amide bonds. The van der Waals surface area contributed by atoms with Crippen molar-refractivity contribution in [2.45, 2.75) is 18.8 Å². The zero-order valence-corrected chi connectivity index (χ0v) is 15.9. The van der Waals surface area contributed by atoms with Crippen LogP contribution in [-0.2, 0) is 4.74 Å². The number of carbonyl (C=O) groups excluding carboxylic acids is 1. The van der Waals surface area contributed by atoms with E-state index in [0.29, 0.717) is 28.0 Å². The van der Waals surface area contributed by atoms with Gasteiger partial charge in [-0.1, -0.05) is 12.1 Å². The number of ether oxygens (including phenoxy) is 1. The first-order chi connectivity index (χ1) is 13.7. The molecule has 140 valence electrons. The third kappa shape index (κ3) is 3.01. The quantitative estimate of drug-likeness (QED) is 0.487. The van der Waals surface area contributed by atoms with E-state index in [1.54, 1.807) is 6.07 Å². The summed E-state index contributed by atoms with van der Waals surface area (Å²) in [4.78, 5) is 22.1. The smallest absolute Gasteiger partial charge is 0.339 e. The molecule has 0 atom stereocenters. The average Bonchev–Trinajstić information content (AvgIpc) is 3.26. The van der Waals surface area contributed by atoms with E-state index in [2.05, 4.69) is 20.5 Å². The van der Waals surface area contributed by atoms with Gasteiger partial charge in [-0.3, -0.25) is 5.10 Å². The Morgan fingerprint density at radius 3 is 2.93 bits per heavy atom. The largest absolute Gasteiger partial charge is 0.465 e. The van der Waals surface area contributed by atoms with Crippen LogP contribution >= 0.6 is 11.3 Å². The second-order valence-electron chi connectivity index (χ2n) is 6.67. The molecule has 4 aromatic rings. The van der Waals surface area contributed by atoms with Crippen LogP contribution in [0.25, 0.3) is 21.6 Å². The Morgan fingerprint density at radius 1 is 1.25 bits per heavy atom. The Labute approximate surface area is 164 Å². The highest BCUT2D eigenvalue weighted by Crippen LogP contribution is 2.40. The number of nitrogens with zero attached hydrogens (tertiary/aromatic N) is 3. The number of hydrogen-bond acceptors (Lipinski definition) is 7. The predicted octanol–water partition coefficient (Wildman–Crippen LogP) is 4.49. The van der Waals surface area contributed by atoms with Gasteiger partial charge in [-0.15, -0.1) is 11.3 Å². The summed E-state index contributed by atoms with van der Waals surface area (Å²) in [5, 5.41) is 13.5. The number of benzene rings is 1. The lowest BCUT2D eigenvalue weighted by molar-refractivity contribution is 0.0602. The number of fused-ring (bicyclic) bond motifs is 1. The van der Waals surface area contributed by atoms with E-state index in [-0.39, 0.29) is 0 Å². The normalized spacial score (nSPS) is 13.6. The molecule has 1 aliphatic rings. The van der Waals surface area contributed by atoms with E-state index < -0.39 is 5.97 Å². The number of rotatable bonds is 5. The van der Waals surface area contributed by atoms with Gasteiger partial charge >= 0.3 is 5.97 Å². The number of esters is 1. The van der Waals surface area contributed by atoms with Gasteiger partial charge in [0.2, 0.25) is 0 Å². The molecule has 28 heavy (non-hydrogen) atoms. The van der Waals surface area contributed by atoms with Crippen LogP contribution in [0.4, 0.5) is 11.6 Å². The number of methoxy groups -OCH3 is 1. The zero-order valence-electron chi connectivity index (χ0n) is 15.1. The Morgan fingerprint density at radius 2 is 2.11 bits per heavy atom. The average molecular weight is 391 g/mol. The highest BCUT2D eigenvalue weighted by Gasteiger charge is 2.26. The molecule has 1 fully saturated rings. The lowest BCUT2D eigenvalue weighted by Gasteiger charge is -2.09. The van der Waals surface area contributed by atoms with Gasteiger partial charge < -0.3 is 10.1 Å². The molecule has 3 heterocycles. The van der Waals surface area contributed by atoms with Crippen molar-refractivity contribution in [3.63, 3.8) is 0 Å². The summed E-state index contributed by atoms with van der Waals surface area (Å²) < 4.78 is 4.88. The first-order valence-electron chi connectivity index (χ1n) is 8.98. The minimum Gasteiger partial charge on any atom is -0.465 e. The second-order valence-corrected chi connectivity index (χ2v) is 7.59. The van der Waals surface area contributed by atoms with Crippen molar-refractivity contribution >= 4 is 39.8 Å². The summed E-state index contributed by atoms with van der Waals surface area (Å²) in [6.07, 6.45) is 2.39. The molecule has 1 saturated carbocycles. The van der Waals surface area contributed by atoms with E-state index in [4.69, 9.17) is 9.72 Å². The van der Waals surface area contributed by atoms with E-state index in [1.165, 1.54) is 31.3 Å². The van der Waals surface area contributed by atoms with Crippen LogP contribution in [0.15, 0.2) is 41.8 Å². The summed E-state index contributed by atoms with van der Waals surface area (Å²) in [5.74, 6) is 2.11. The van der Waals surface area contributed by atoms with Crippen molar-refractivity contribution in [3.8, 4) is 10.7 Å². The lowest BCUT2D eigenvalue weighted by Crippen LogP contribution is -2.03. The van der Waals surface area contributed by atoms with Crippen LogP contribution in [0.2, 0.25) is 0 Å². The molecule has 2 N–H and O–H groups in total. The van der Waals surface area contributed by atoms with Gasteiger partial charge in [0.05, 0.1) is 28.8 Å². The topological polar surface area (TPSA) is 92.8 Å². The van der Waals surface area contributed by atoms with E-state index in [9.17, 15) is 4.79 Å². The highest BCUT2D eigenvalue weighted by molar-refractivity contribution is 7.14. The molecule has 1 aromatic carbocycles. The molecular weight excluding hydrogens is 374 g/mol. The van der Waals surface area contributed by atoms with Crippen molar-refractivity contribution in [2.24, 2.45) is 0 Å². The van der Waals surface area contributed by atoms with E-state index in [0.717, 1.165) is 22.4 Å². The maximum atomic E-state index is 12.1. The number of thiophene rings is 1. The molecule has 0 aliphatic heterocycles. The fraction of sp³-hybridized carbons (Fsp3) is 0.200. The third-order valence-electron chi connectivity index (χ3n) is 4.72. The van der Waals surface area contributed by atoms with Crippen LogP contribution < -0.4 is 5.32 Å². The molecule has 0 radical (unpaired) electrons. The number of anilines is 2. The summed E-state index contributed by atoms with van der Waals surface area (Å²) in [6.45, 7) is 0. The van der Waals surface area contributed by atoms with Gasteiger partial charge in [0.1, 0.15) is 11.6 Å². The molecule has 0 bridgehead atoms. The van der Waals surface area contributed by atoms with Gasteiger partial charge in [-0.05, 0) is 36.4 Å². The number of aromatic amines is 1. The standard InChI is InChI=1S/C20H17N5O2S/c1-27-20(26)13-8-9-28-17(13)19-21-14-5-3-2-4-12(14)18(23-19)22-16-10-15(24-25-16)11-6-7-11/h2-5,8-11H,6-7H2,1H3,(H2,21,22,23,24,25).